The van der Waals surface area contributed by atoms with Crippen LogP contribution in [0.1, 0.15) is 31.4 Å². The molecule has 0 amide bonds. The number of likely N-dealkylation sites (tertiary alicyclic amines) is 1. The lowest BCUT2D eigenvalue weighted by molar-refractivity contribution is 0.132. The number of nitrogens with two attached hydrogens (primary N) is 1. The Labute approximate surface area is 115 Å². The van der Waals surface area contributed by atoms with Gasteiger partial charge in [0.2, 0.25) is 0 Å². The van der Waals surface area contributed by atoms with Crippen LogP contribution < -0.4 is 5.73 Å². The minimum atomic E-state index is 0.504. The fourth-order valence-corrected chi connectivity index (χ4v) is 2.83. The van der Waals surface area contributed by atoms with Gasteiger partial charge in [-0.1, -0.05) is 50.3 Å². The summed E-state index contributed by atoms with van der Waals surface area (Å²) in [6.45, 7) is 8.01. The van der Waals surface area contributed by atoms with E-state index in [1.54, 1.807) is 0 Å². The standard InChI is InChI=1S/C15H22N2S/c1-11-7-8-17(9-12(11)2)10-13-5-3-4-6-14(13)15(16)18/h3-6,11-12H,7-10H2,1-2H3,(H2,16,18). The van der Waals surface area contributed by atoms with Gasteiger partial charge in [0.25, 0.3) is 0 Å². The third-order valence-corrected chi connectivity index (χ3v) is 4.31. The summed E-state index contributed by atoms with van der Waals surface area (Å²) in [6, 6.07) is 8.22. The minimum Gasteiger partial charge on any atom is -0.389 e. The number of piperidine rings is 1. The monoisotopic (exact) mass is 262 g/mol. The van der Waals surface area contributed by atoms with Crippen molar-refractivity contribution in [3.05, 3.63) is 35.4 Å². The zero-order chi connectivity index (χ0) is 13.1. The Hall–Kier alpha value is -0.930. The fourth-order valence-electron chi connectivity index (χ4n) is 2.63. The molecule has 0 aliphatic carbocycles. The van der Waals surface area contributed by atoms with Gasteiger partial charge in [0.05, 0.1) is 0 Å². The van der Waals surface area contributed by atoms with Crippen molar-refractivity contribution < 1.29 is 0 Å². The lowest BCUT2D eigenvalue weighted by Gasteiger charge is -2.35. The van der Waals surface area contributed by atoms with E-state index in [0.717, 1.165) is 23.9 Å². The van der Waals surface area contributed by atoms with Gasteiger partial charge in [-0.25, -0.2) is 0 Å². The molecule has 2 rings (SSSR count). The number of benzene rings is 1. The molecule has 1 aliphatic heterocycles. The van der Waals surface area contributed by atoms with Crippen LogP contribution in [0.5, 0.6) is 0 Å². The van der Waals surface area contributed by atoms with Gasteiger partial charge in [-0.3, -0.25) is 4.90 Å². The Bertz CT molecular complexity index is 430. The van der Waals surface area contributed by atoms with Gasteiger partial charge < -0.3 is 5.73 Å². The van der Waals surface area contributed by atoms with Crippen molar-refractivity contribution in [3.63, 3.8) is 0 Å². The second kappa shape index (κ2) is 5.81. The lowest BCUT2D eigenvalue weighted by atomic mass is 9.88. The molecule has 98 valence electrons. The molecule has 18 heavy (non-hydrogen) atoms. The molecule has 2 atom stereocenters. The SMILES string of the molecule is CC1CCN(Cc2ccccc2C(N)=S)CC1C. The van der Waals surface area contributed by atoms with Crippen molar-refractivity contribution in [2.45, 2.75) is 26.8 Å². The molecule has 1 saturated heterocycles. The predicted octanol–water partition coefficient (Wildman–Crippen LogP) is 2.80. The van der Waals surface area contributed by atoms with E-state index >= 15 is 0 Å². The van der Waals surface area contributed by atoms with E-state index in [0.29, 0.717) is 4.99 Å². The van der Waals surface area contributed by atoms with Crippen LogP contribution in [0.25, 0.3) is 0 Å². The summed E-state index contributed by atoms with van der Waals surface area (Å²) in [5, 5.41) is 0. The molecule has 1 aromatic carbocycles. The largest absolute Gasteiger partial charge is 0.389 e. The first-order valence-corrected chi connectivity index (χ1v) is 7.09. The van der Waals surface area contributed by atoms with E-state index in [1.807, 2.05) is 12.1 Å². The number of hydrogen-bond donors (Lipinski definition) is 1. The molecule has 0 saturated carbocycles. The quantitative estimate of drug-likeness (QED) is 0.849. The lowest BCUT2D eigenvalue weighted by Crippen LogP contribution is -2.38. The Balaban J connectivity index is 2.08. The topological polar surface area (TPSA) is 29.3 Å². The number of thiocarbonyl (C=S) groups is 1. The van der Waals surface area contributed by atoms with Crippen molar-refractivity contribution in [2.24, 2.45) is 17.6 Å². The van der Waals surface area contributed by atoms with E-state index in [9.17, 15) is 0 Å². The molecule has 1 heterocycles. The number of nitrogens with zero attached hydrogens (tertiary/aromatic N) is 1. The van der Waals surface area contributed by atoms with Crippen LogP contribution in [0.4, 0.5) is 0 Å². The molecular weight excluding hydrogens is 240 g/mol. The van der Waals surface area contributed by atoms with Crippen molar-refractivity contribution in [1.82, 2.24) is 4.90 Å². The average molecular weight is 262 g/mol. The first kappa shape index (κ1) is 13.5. The van der Waals surface area contributed by atoms with E-state index in [2.05, 4.69) is 30.9 Å². The Kier molecular flexibility index (Phi) is 4.36. The predicted molar refractivity (Wildman–Crippen MR) is 80.6 cm³/mol. The second-order valence-corrected chi connectivity index (χ2v) is 5.94. The maximum atomic E-state index is 5.78. The molecule has 1 aliphatic rings. The highest BCUT2D eigenvalue weighted by Crippen LogP contribution is 2.24. The van der Waals surface area contributed by atoms with Crippen molar-refractivity contribution in [3.8, 4) is 0 Å². The van der Waals surface area contributed by atoms with Gasteiger partial charge in [-0.2, -0.15) is 0 Å². The second-order valence-electron chi connectivity index (χ2n) is 5.50. The third-order valence-electron chi connectivity index (χ3n) is 4.10. The maximum absolute atomic E-state index is 5.78. The van der Waals surface area contributed by atoms with Crippen LogP contribution in [0, 0.1) is 11.8 Å². The van der Waals surface area contributed by atoms with Crippen LogP contribution in [-0.4, -0.2) is 23.0 Å². The van der Waals surface area contributed by atoms with Gasteiger partial charge in [-0.05, 0) is 30.4 Å². The zero-order valence-electron chi connectivity index (χ0n) is 11.2. The molecule has 3 heteroatoms. The molecule has 1 aromatic rings. The summed E-state index contributed by atoms with van der Waals surface area (Å²) in [4.78, 5) is 3.02. The van der Waals surface area contributed by atoms with E-state index in [4.69, 9.17) is 18.0 Å². The molecule has 0 radical (unpaired) electrons. The maximum Gasteiger partial charge on any atom is 0.104 e. The van der Waals surface area contributed by atoms with Crippen molar-refractivity contribution >= 4 is 17.2 Å². The van der Waals surface area contributed by atoms with Crippen LogP contribution in [-0.2, 0) is 6.54 Å². The van der Waals surface area contributed by atoms with Gasteiger partial charge >= 0.3 is 0 Å². The molecular formula is C15H22N2S. The normalized spacial score (nSPS) is 25.0. The fraction of sp³-hybridized carbons (Fsp3) is 0.533. The van der Waals surface area contributed by atoms with Gasteiger partial charge in [0, 0.05) is 18.7 Å². The zero-order valence-corrected chi connectivity index (χ0v) is 12.0. The summed E-state index contributed by atoms with van der Waals surface area (Å²) in [7, 11) is 0. The van der Waals surface area contributed by atoms with E-state index in [-0.39, 0.29) is 0 Å². The summed E-state index contributed by atoms with van der Waals surface area (Å²) in [6.07, 6.45) is 1.29. The average Bonchev–Trinajstić information content (AvgIpc) is 2.34. The molecule has 2 unspecified atom stereocenters. The minimum absolute atomic E-state index is 0.504. The van der Waals surface area contributed by atoms with Gasteiger partial charge in [0.15, 0.2) is 0 Å². The van der Waals surface area contributed by atoms with Gasteiger partial charge in [-0.15, -0.1) is 0 Å². The summed E-state index contributed by atoms with van der Waals surface area (Å²) < 4.78 is 0. The summed E-state index contributed by atoms with van der Waals surface area (Å²) in [5.41, 5.74) is 8.06. The first-order valence-electron chi connectivity index (χ1n) is 6.68. The van der Waals surface area contributed by atoms with Crippen LogP contribution >= 0.6 is 12.2 Å². The van der Waals surface area contributed by atoms with E-state index < -0.39 is 0 Å². The first-order chi connectivity index (χ1) is 8.58. The van der Waals surface area contributed by atoms with Crippen molar-refractivity contribution in [2.75, 3.05) is 13.1 Å². The highest BCUT2D eigenvalue weighted by atomic mass is 32.1. The van der Waals surface area contributed by atoms with Gasteiger partial charge in [0.1, 0.15) is 4.99 Å². The van der Waals surface area contributed by atoms with Crippen LogP contribution in [0.3, 0.4) is 0 Å². The Morgan fingerprint density at radius 2 is 2.06 bits per heavy atom. The molecule has 1 fully saturated rings. The summed E-state index contributed by atoms with van der Waals surface area (Å²) >= 11 is 5.12. The third kappa shape index (κ3) is 3.09. The molecule has 0 bridgehead atoms. The Morgan fingerprint density at radius 1 is 1.33 bits per heavy atom. The number of rotatable bonds is 3. The smallest absolute Gasteiger partial charge is 0.104 e. The number of hydrogen-bond acceptors (Lipinski definition) is 2. The summed E-state index contributed by atoms with van der Waals surface area (Å²) in [5.74, 6) is 1.61. The van der Waals surface area contributed by atoms with E-state index in [1.165, 1.54) is 25.1 Å². The molecule has 2 N–H and O–H groups in total. The van der Waals surface area contributed by atoms with Crippen LogP contribution in [0.15, 0.2) is 24.3 Å². The highest BCUT2D eigenvalue weighted by Gasteiger charge is 2.23. The molecule has 0 spiro atoms. The Morgan fingerprint density at radius 3 is 2.72 bits per heavy atom. The van der Waals surface area contributed by atoms with Crippen LogP contribution in [0.2, 0.25) is 0 Å². The highest BCUT2D eigenvalue weighted by molar-refractivity contribution is 7.80. The molecule has 2 nitrogen and oxygen atoms in total. The molecule has 0 aromatic heterocycles. The van der Waals surface area contributed by atoms with Crippen molar-refractivity contribution in [1.29, 1.82) is 0 Å².